The Morgan fingerprint density at radius 2 is 1.37 bits per heavy atom. The largest absolute Gasteiger partial charge is 0.446 e. The Morgan fingerprint density at radius 3 is 2.19 bits per heavy atom. The number of aromatic nitrogens is 1. The molecule has 0 aliphatic carbocycles. The van der Waals surface area contributed by atoms with Crippen LogP contribution in [0.2, 0.25) is 0 Å². The third kappa shape index (κ3) is 1.83. The smallest absolute Gasteiger partial charge is 0.263 e. The third-order valence-electron chi connectivity index (χ3n) is 5.28. The molecule has 27 heavy (non-hydrogen) atoms. The highest BCUT2D eigenvalue weighted by molar-refractivity contribution is 9.10. The van der Waals surface area contributed by atoms with E-state index in [0.717, 1.165) is 43.9 Å². The van der Waals surface area contributed by atoms with Gasteiger partial charge in [-0.05, 0) is 27.4 Å². The molecule has 0 fully saturated rings. The van der Waals surface area contributed by atoms with E-state index in [9.17, 15) is 4.79 Å². The second-order valence-electron chi connectivity index (χ2n) is 6.68. The van der Waals surface area contributed by atoms with E-state index in [1.165, 1.54) is 0 Å². The van der Waals surface area contributed by atoms with Crippen molar-refractivity contribution in [2.45, 2.75) is 0 Å². The molecular formula is C23H12BrNO2. The number of nitrogens with zero attached hydrogens (tertiary/aromatic N) is 1. The van der Waals surface area contributed by atoms with Gasteiger partial charge in [0, 0.05) is 21.7 Å². The number of hydrogen-bond acceptors (Lipinski definition) is 2. The summed E-state index contributed by atoms with van der Waals surface area (Å²) in [6.45, 7) is 0. The van der Waals surface area contributed by atoms with Crippen LogP contribution in [-0.4, -0.2) is 4.40 Å². The fraction of sp³-hybridized carbons (Fsp3) is 0. The first-order valence-corrected chi connectivity index (χ1v) is 9.50. The standard InChI is InChI=1S/C23H12BrNO2/c24-22-20-18(21(27-22)13-7-2-1-3-8-13)17-12-6-11-15-14-9-4-5-10-16(14)23(26)25(20)19(15)17/h1-12H. The second kappa shape index (κ2) is 5.21. The average Bonchev–Trinajstić information content (AvgIpc) is 3.24. The molecule has 0 aliphatic heterocycles. The summed E-state index contributed by atoms with van der Waals surface area (Å²) < 4.78 is 8.45. The Hall–Kier alpha value is -3.11. The van der Waals surface area contributed by atoms with Crippen molar-refractivity contribution in [3.63, 3.8) is 0 Å². The number of rotatable bonds is 1. The lowest BCUT2D eigenvalue weighted by Gasteiger charge is -2.06. The molecule has 0 atom stereocenters. The summed E-state index contributed by atoms with van der Waals surface area (Å²) in [5, 5.41) is 4.76. The maximum Gasteiger partial charge on any atom is 0.263 e. The predicted molar refractivity (Wildman–Crippen MR) is 113 cm³/mol. The Kier molecular flexibility index (Phi) is 2.89. The normalized spacial score (nSPS) is 12.0. The molecule has 3 heterocycles. The quantitative estimate of drug-likeness (QED) is 0.300. The number of pyridine rings is 1. The fourth-order valence-corrected chi connectivity index (χ4v) is 4.72. The summed E-state index contributed by atoms with van der Waals surface area (Å²) in [5.41, 5.74) is 2.70. The summed E-state index contributed by atoms with van der Waals surface area (Å²) in [6.07, 6.45) is 0. The summed E-state index contributed by atoms with van der Waals surface area (Å²) in [5.74, 6) is 0.775. The van der Waals surface area contributed by atoms with Crippen LogP contribution in [-0.2, 0) is 0 Å². The van der Waals surface area contributed by atoms with E-state index in [1.54, 1.807) is 4.40 Å². The van der Waals surface area contributed by atoms with Gasteiger partial charge in [0.25, 0.3) is 5.56 Å². The predicted octanol–water partition coefficient (Wildman–Crippen LogP) is 6.22. The Bertz CT molecular complexity index is 1540. The van der Waals surface area contributed by atoms with Crippen LogP contribution in [0.1, 0.15) is 0 Å². The van der Waals surface area contributed by atoms with Gasteiger partial charge < -0.3 is 4.42 Å². The van der Waals surface area contributed by atoms with E-state index < -0.39 is 0 Å². The number of hydrogen-bond donors (Lipinski definition) is 0. The zero-order chi connectivity index (χ0) is 18.1. The molecule has 0 spiro atoms. The molecule has 0 aliphatic rings. The van der Waals surface area contributed by atoms with E-state index in [-0.39, 0.29) is 5.56 Å². The topological polar surface area (TPSA) is 34.6 Å². The van der Waals surface area contributed by atoms with Crippen molar-refractivity contribution in [3.8, 4) is 11.3 Å². The molecule has 4 heteroatoms. The molecule has 128 valence electrons. The molecule has 0 amide bonds. The number of furan rings is 1. The van der Waals surface area contributed by atoms with Crippen molar-refractivity contribution >= 4 is 53.9 Å². The number of halogens is 1. The second-order valence-corrected chi connectivity index (χ2v) is 7.40. The van der Waals surface area contributed by atoms with Gasteiger partial charge >= 0.3 is 0 Å². The summed E-state index contributed by atoms with van der Waals surface area (Å²) in [4.78, 5) is 13.4. The van der Waals surface area contributed by atoms with Crippen LogP contribution in [0.25, 0.3) is 49.3 Å². The molecule has 6 rings (SSSR count). The van der Waals surface area contributed by atoms with Crippen molar-refractivity contribution in [2.24, 2.45) is 0 Å². The minimum Gasteiger partial charge on any atom is -0.446 e. The Balaban J connectivity index is 1.97. The van der Waals surface area contributed by atoms with E-state index in [2.05, 4.69) is 28.1 Å². The lowest BCUT2D eigenvalue weighted by atomic mass is 10.0. The molecule has 3 aromatic heterocycles. The van der Waals surface area contributed by atoms with Gasteiger partial charge in [-0.25, -0.2) is 0 Å². The minimum absolute atomic E-state index is 0.0228. The molecule has 6 aromatic rings. The first-order chi connectivity index (χ1) is 13.3. The summed E-state index contributed by atoms with van der Waals surface area (Å²) in [7, 11) is 0. The zero-order valence-electron chi connectivity index (χ0n) is 14.1. The Morgan fingerprint density at radius 1 is 0.704 bits per heavy atom. The van der Waals surface area contributed by atoms with Crippen LogP contribution in [0.3, 0.4) is 0 Å². The van der Waals surface area contributed by atoms with Gasteiger partial charge in [-0.3, -0.25) is 9.20 Å². The van der Waals surface area contributed by atoms with Gasteiger partial charge in [-0.2, -0.15) is 0 Å². The number of benzene rings is 3. The molecule has 0 radical (unpaired) electrons. The van der Waals surface area contributed by atoms with Crippen molar-refractivity contribution in [3.05, 3.63) is 87.8 Å². The van der Waals surface area contributed by atoms with E-state index >= 15 is 0 Å². The average molecular weight is 414 g/mol. The van der Waals surface area contributed by atoms with Crippen LogP contribution in [0.4, 0.5) is 0 Å². The molecule has 0 N–H and O–H groups in total. The van der Waals surface area contributed by atoms with Crippen LogP contribution < -0.4 is 5.56 Å². The molecule has 3 aromatic carbocycles. The third-order valence-corrected chi connectivity index (χ3v) is 5.82. The monoisotopic (exact) mass is 413 g/mol. The van der Waals surface area contributed by atoms with Gasteiger partial charge in [-0.15, -0.1) is 0 Å². The van der Waals surface area contributed by atoms with Crippen LogP contribution in [0.5, 0.6) is 0 Å². The fourth-order valence-electron chi connectivity index (χ4n) is 4.18. The van der Waals surface area contributed by atoms with E-state index in [1.807, 2.05) is 60.7 Å². The van der Waals surface area contributed by atoms with Crippen LogP contribution >= 0.6 is 15.9 Å². The van der Waals surface area contributed by atoms with Crippen LogP contribution in [0, 0.1) is 0 Å². The van der Waals surface area contributed by atoms with Gasteiger partial charge in [0.2, 0.25) is 0 Å². The van der Waals surface area contributed by atoms with Crippen molar-refractivity contribution < 1.29 is 4.42 Å². The number of para-hydroxylation sites is 1. The molecule has 0 bridgehead atoms. The zero-order valence-corrected chi connectivity index (χ0v) is 15.7. The highest BCUT2D eigenvalue weighted by Gasteiger charge is 2.24. The van der Waals surface area contributed by atoms with Gasteiger partial charge in [-0.1, -0.05) is 66.7 Å². The highest BCUT2D eigenvalue weighted by Crippen LogP contribution is 2.43. The van der Waals surface area contributed by atoms with Crippen molar-refractivity contribution in [2.75, 3.05) is 0 Å². The van der Waals surface area contributed by atoms with Gasteiger partial charge in [0.15, 0.2) is 4.67 Å². The molecule has 0 saturated carbocycles. The maximum atomic E-state index is 13.4. The first kappa shape index (κ1) is 15.0. The van der Waals surface area contributed by atoms with Gasteiger partial charge in [0.05, 0.1) is 10.9 Å². The molecular weight excluding hydrogens is 402 g/mol. The molecule has 0 saturated heterocycles. The first-order valence-electron chi connectivity index (χ1n) is 8.70. The summed E-state index contributed by atoms with van der Waals surface area (Å²) >= 11 is 3.56. The minimum atomic E-state index is -0.0228. The van der Waals surface area contributed by atoms with E-state index in [4.69, 9.17) is 4.42 Å². The molecule has 3 nitrogen and oxygen atoms in total. The van der Waals surface area contributed by atoms with Crippen molar-refractivity contribution in [1.82, 2.24) is 4.40 Å². The lowest BCUT2D eigenvalue weighted by Crippen LogP contribution is -2.12. The SMILES string of the molecule is O=c1c2ccccc2c2cccc3c4c(-c5ccccc5)oc(Br)c4n1c23. The maximum absolute atomic E-state index is 13.4. The van der Waals surface area contributed by atoms with E-state index in [0.29, 0.717) is 10.1 Å². The number of fused-ring (bicyclic) bond motifs is 5. The Labute approximate surface area is 161 Å². The van der Waals surface area contributed by atoms with Crippen LogP contribution in [0.15, 0.2) is 86.7 Å². The van der Waals surface area contributed by atoms with Crippen molar-refractivity contribution in [1.29, 1.82) is 0 Å². The molecule has 0 unspecified atom stereocenters. The van der Waals surface area contributed by atoms with Gasteiger partial charge in [0.1, 0.15) is 11.3 Å². The highest BCUT2D eigenvalue weighted by atomic mass is 79.9. The lowest BCUT2D eigenvalue weighted by molar-refractivity contribution is 0.559. The summed E-state index contributed by atoms with van der Waals surface area (Å²) in [6, 6.07) is 24.0.